The van der Waals surface area contributed by atoms with Crippen molar-refractivity contribution in [3.8, 4) is 0 Å². The van der Waals surface area contributed by atoms with E-state index in [1.165, 1.54) is 0 Å². The molecule has 0 aliphatic rings. The van der Waals surface area contributed by atoms with Gasteiger partial charge in [0.25, 0.3) is 0 Å². The molecule has 4 nitrogen and oxygen atoms in total. The molecule has 1 atom stereocenters. The van der Waals surface area contributed by atoms with Crippen LogP contribution in [0.3, 0.4) is 0 Å². The molecule has 20 heavy (non-hydrogen) atoms. The third-order valence-electron chi connectivity index (χ3n) is 3.20. The maximum Gasteiger partial charge on any atom is 0.323 e. The number of rotatable bonds is 2. The molecule has 0 amide bonds. The Morgan fingerprint density at radius 3 is 2.50 bits per heavy atom. The number of imidazole rings is 1. The molecular weight excluding hydrogens is 386 g/mol. The normalized spacial score (nSPS) is 12.8. The van der Waals surface area contributed by atoms with Crippen molar-refractivity contribution < 1.29 is 0 Å². The zero-order valence-electron chi connectivity index (χ0n) is 10.3. The lowest BCUT2D eigenvalue weighted by atomic mass is 9.99. The second kappa shape index (κ2) is 5.20. The highest BCUT2D eigenvalue weighted by molar-refractivity contribution is 9.11. The first-order valence-electron chi connectivity index (χ1n) is 5.97. The van der Waals surface area contributed by atoms with Crippen molar-refractivity contribution in [2.45, 2.75) is 6.04 Å². The fraction of sp³-hybridized carbons (Fsp3) is 0.0714. The number of benzene rings is 2. The fourth-order valence-corrected chi connectivity index (χ4v) is 3.47. The van der Waals surface area contributed by atoms with Gasteiger partial charge in [-0.05, 0) is 35.4 Å². The van der Waals surface area contributed by atoms with E-state index in [1.807, 2.05) is 36.4 Å². The van der Waals surface area contributed by atoms with E-state index in [9.17, 15) is 4.79 Å². The van der Waals surface area contributed by atoms with E-state index >= 15 is 0 Å². The summed E-state index contributed by atoms with van der Waals surface area (Å²) in [5.41, 5.74) is 9.58. The molecule has 0 aliphatic carbocycles. The Morgan fingerprint density at radius 2 is 1.75 bits per heavy atom. The van der Waals surface area contributed by atoms with Gasteiger partial charge in [0.05, 0.1) is 17.1 Å². The maximum absolute atomic E-state index is 11.3. The van der Waals surface area contributed by atoms with Gasteiger partial charge in [-0.3, -0.25) is 0 Å². The van der Waals surface area contributed by atoms with Crippen LogP contribution in [0.1, 0.15) is 17.2 Å². The maximum atomic E-state index is 11.3. The van der Waals surface area contributed by atoms with Crippen molar-refractivity contribution in [3.05, 3.63) is 67.0 Å². The largest absolute Gasteiger partial charge is 0.323 e. The van der Waals surface area contributed by atoms with Gasteiger partial charge in [0, 0.05) is 8.95 Å². The molecule has 6 heteroatoms. The molecule has 1 unspecified atom stereocenters. The number of hydrogen-bond acceptors (Lipinski definition) is 2. The predicted molar refractivity (Wildman–Crippen MR) is 86.8 cm³/mol. The van der Waals surface area contributed by atoms with Crippen molar-refractivity contribution in [1.29, 1.82) is 0 Å². The minimum Gasteiger partial charge on any atom is -0.320 e. The summed E-state index contributed by atoms with van der Waals surface area (Å²) in [5.74, 6) is 0. The molecular formula is C14H11Br2N3O. The summed E-state index contributed by atoms with van der Waals surface area (Å²) in [4.78, 5) is 16.7. The number of H-pyrrole nitrogens is 2. The van der Waals surface area contributed by atoms with E-state index in [-0.39, 0.29) is 11.7 Å². The van der Waals surface area contributed by atoms with Gasteiger partial charge in [-0.25, -0.2) is 4.79 Å². The zero-order chi connectivity index (χ0) is 14.3. The van der Waals surface area contributed by atoms with Gasteiger partial charge in [-0.15, -0.1) is 0 Å². The third-order valence-corrected chi connectivity index (χ3v) is 4.38. The summed E-state index contributed by atoms with van der Waals surface area (Å²) >= 11 is 6.95. The van der Waals surface area contributed by atoms with Crippen LogP contribution in [0, 0.1) is 0 Å². The van der Waals surface area contributed by atoms with Crippen molar-refractivity contribution >= 4 is 42.9 Å². The smallest absolute Gasteiger partial charge is 0.320 e. The van der Waals surface area contributed by atoms with Crippen molar-refractivity contribution in [2.24, 2.45) is 5.73 Å². The van der Waals surface area contributed by atoms with Crippen LogP contribution < -0.4 is 11.4 Å². The van der Waals surface area contributed by atoms with Gasteiger partial charge in [-0.2, -0.15) is 0 Å². The van der Waals surface area contributed by atoms with Gasteiger partial charge in [0.2, 0.25) is 0 Å². The number of nitrogens with one attached hydrogen (secondary N) is 2. The van der Waals surface area contributed by atoms with E-state index in [0.29, 0.717) is 0 Å². The molecule has 2 aromatic carbocycles. The molecule has 1 aromatic heterocycles. The van der Waals surface area contributed by atoms with Gasteiger partial charge in [-0.1, -0.05) is 44.0 Å². The molecule has 1 heterocycles. The second-order valence-corrected chi connectivity index (χ2v) is 6.30. The molecule has 0 saturated carbocycles. The quantitative estimate of drug-likeness (QED) is 0.620. The molecule has 0 fully saturated rings. The standard InChI is InChI=1S/C14H11Br2N3O/c15-8-2-3-9(10(16)6-8)13(17)7-1-4-11-12(5-7)19-14(20)18-11/h1-6,13H,17H2,(H2,18,19,20). The molecule has 0 saturated heterocycles. The lowest BCUT2D eigenvalue weighted by Gasteiger charge is -2.14. The van der Waals surface area contributed by atoms with Crippen LogP contribution in [0.2, 0.25) is 0 Å². The minimum absolute atomic E-state index is 0.212. The van der Waals surface area contributed by atoms with Crippen LogP contribution >= 0.6 is 31.9 Å². The molecule has 102 valence electrons. The second-order valence-electron chi connectivity index (χ2n) is 4.53. The number of halogens is 2. The molecule has 0 radical (unpaired) electrons. The molecule has 4 N–H and O–H groups in total. The van der Waals surface area contributed by atoms with E-state index in [4.69, 9.17) is 5.73 Å². The average molecular weight is 397 g/mol. The summed E-state index contributed by atoms with van der Waals surface area (Å²) in [5, 5.41) is 0. The average Bonchev–Trinajstić information content (AvgIpc) is 2.77. The van der Waals surface area contributed by atoms with Crippen molar-refractivity contribution in [3.63, 3.8) is 0 Å². The number of aromatic nitrogens is 2. The highest BCUT2D eigenvalue weighted by Gasteiger charge is 2.13. The third kappa shape index (κ3) is 2.46. The summed E-state index contributed by atoms with van der Waals surface area (Å²) in [6.45, 7) is 0. The van der Waals surface area contributed by atoms with Crippen molar-refractivity contribution in [1.82, 2.24) is 9.97 Å². The molecule has 3 aromatic rings. The Balaban J connectivity index is 2.06. The van der Waals surface area contributed by atoms with Crippen LogP contribution in [-0.2, 0) is 0 Å². The van der Waals surface area contributed by atoms with E-state index < -0.39 is 0 Å². The van der Waals surface area contributed by atoms with Crippen LogP contribution in [0.5, 0.6) is 0 Å². The van der Waals surface area contributed by atoms with Crippen LogP contribution in [-0.4, -0.2) is 9.97 Å². The zero-order valence-corrected chi connectivity index (χ0v) is 13.5. The monoisotopic (exact) mass is 395 g/mol. The Hall–Kier alpha value is -1.37. The molecule has 3 rings (SSSR count). The highest BCUT2D eigenvalue weighted by atomic mass is 79.9. The Morgan fingerprint density at radius 1 is 1.00 bits per heavy atom. The van der Waals surface area contributed by atoms with Gasteiger partial charge in [0.1, 0.15) is 0 Å². The molecule has 0 aliphatic heterocycles. The first-order valence-corrected chi connectivity index (χ1v) is 7.55. The van der Waals surface area contributed by atoms with Crippen LogP contribution in [0.15, 0.2) is 50.1 Å². The molecule has 0 spiro atoms. The van der Waals surface area contributed by atoms with E-state index in [1.54, 1.807) is 0 Å². The molecule has 0 bridgehead atoms. The first kappa shape index (κ1) is 13.6. The Bertz CT molecular complexity index is 838. The van der Waals surface area contributed by atoms with Crippen molar-refractivity contribution in [2.75, 3.05) is 0 Å². The number of aromatic amines is 2. The Labute approximate surface area is 131 Å². The van der Waals surface area contributed by atoms with Crippen LogP contribution in [0.25, 0.3) is 11.0 Å². The number of fused-ring (bicyclic) bond motifs is 1. The van der Waals surface area contributed by atoms with E-state index in [2.05, 4.69) is 41.8 Å². The summed E-state index contributed by atoms with van der Waals surface area (Å²) in [6.07, 6.45) is 0. The number of hydrogen-bond donors (Lipinski definition) is 3. The summed E-state index contributed by atoms with van der Waals surface area (Å²) in [6, 6.07) is 11.3. The minimum atomic E-state index is -0.264. The highest BCUT2D eigenvalue weighted by Crippen LogP contribution is 2.30. The summed E-state index contributed by atoms with van der Waals surface area (Å²) in [7, 11) is 0. The SMILES string of the molecule is NC(c1ccc2[nH]c(=O)[nH]c2c1)c1ccc(Br)cc1Br. The number of nitrogens with two attached hydrogens (primary N) is 1. The van der Waals surface area contributed by atoms with Crippen LogP contribution in [0.4, 0.5) is 0 Å². The summed E-state index contributed by atoms with van der Waals surface area (Å²) < 4.78 is 1.94. The lowest BCUT2D eigenvalue weighted by Crippen LogP contribution is -2.12. The van der Waals surface area contributed by atoms with E-state index in [0.717, 1.165) is 31.1 Å². The van der Waals surface area contributed by atoms with Gasteiger partial charge in [0.15, 0.2) is 0 Å². The Kier molecular flexibility index (Phi) is 3.54. The first-order chi connectivity index (χ1) is 9.54. The fourth-order valence-electron chi connectivity index (χ4n) is 2.18. The predicted octanol–water partition coefficient (Wildman–Crippen LogP) is 3.43. The topological polar surface area (TPSA) is 74.7 Å². The van der Waals surface area contributed by atoms with Gasteiger partial charge >= 0.3 is 5.69 Å². The lowest BCUT2D eigenvalue weighted by molar-refractivity contribution is 0.867. The van der Waals surface area contributed by atoms with Gasteiger partial charge < -0.3 is 15.7 Å².